The minimum absolute atomic E-state index is 0.159. The molecule has 7 nitrogen and oxygen atoms in total. The highest BCUT2D eigenvalue weighted by molar-refractivity contribution is 6.32. The molecule has 9 heteroatoms. The van der Waals surface area contributed by atoms with Gasteiger partial charge in [-0.15, -0.1) is 0 Å². The van der Waals surface area contributed by atoms with E-state index in [0.29, 0.717) is 32.8 Å². The third-order valence-corrected chi connectivity index (χ3v) is 4.58. The Balaban J connectivity index is 0.00000155. The number of hydrogen-bond acceptors (Lipinski definition) is 4. The third kappa shape index (κ3) is 4.99. The van der Waals surface area contributed by atoms with Crippen molar-refractivity contribution in [2.75, 3.05) is 5.32 Å². The summed E-state index contributed by atoms with van der Waals surface area (Å²) in [6.45, 7) is 7.58. The van der Waals surface area contributed by atoms with Gasteiger partial charge in [0, 0.05) is 17.4 Å². The lowest BCUT2D eigenvalue weighted by Gasteiger charge is -2.15. The summed E-state index contributed by atoms with van der Waals surface area (Å²) in [6.07, 6.45) is 3.34. The first kappa shape index (κ1) is 23.4. The van der Waals surface area contributed by atoms with Gasteiger partial charge in [0.1, 0.15) is 5.69 Å². The van der Waals surface area contributed by atoms with Crippen molar-refractivity contribution in [1.29, 1.82) is 0 Å². The average Bonchev–Trinajstić information content (AvgIpc) is 3.12. The first-order valence-corrected chi connectivity index (χ1v) is 9.99. The molecule has 0 aliphatic rings. The van der Waals surface area contributed by atoms with Crippen LogP contribution in [0.25, 0.3) is 5.82 Å². The molecule has 0 atom stereocenters. The number of halogens is 2. The molecule has 0 aliphatic heterocycles. The first-order valence-electron chi connectivity index (χ1n) is 9.24. The average molecular weight is 448 g/mol. The molecule has 2 amide bonds. The number of anilines is 1. The van der Waals surface area contributed by atoms with Gasteiger partial charge in [-0.05, 0) is 55.3 Å². The smallest absolute Gasteiger partial charge is 0.272 e. The van der Waals surface area contributed by atoms with Gasteiger partial charge >= 0.3 is 0 Å². The lowest BCUT2D eigenvalue weighted by Crippen LogP contribution is -2.31. The van der Waals surface area contributed by atoms with Crippen LogP contribution in [-0.4, -0.2) is 21.4 Å². The van der Waals surface area contributed by atoms with E-state index in [-0.39, 0.29) is 5.56 Å². The number of carbonyl (C=O) groups is 2. The molecule has 3 rings (SSSR count). The Hall–Kier alpha value is -2.87. The molecule has 0 saturated heterocycles. The Morgan fingerprint density at radius 2 is 1.80 bits per heavy atom. The largest absolute Gasteiger partial charge is 0.320 e. The molecule has 3 aromatic rings. The van der Waals surface area contributed by atoms with Crippen molar-refractivity contribution in [2.24, 2.45) is 5.84 Å². The maximum atomic E-state index is 13.0. The van der Waals surface area contributed by atoms with E-state index in [2.05, 4.69) is 15.7 Å². The van der Waals surface area contributed by atoms with E-state index in [4.69, 9.17) is 29.0 Å². The van der Waals surface area contributed by atoms with Crippen LogP contribution >= 0.6 is 23.2 Å². The number of aromatic nitrogens is 2. The molecule has 1 aromatic carbocycles. The van der Waals surface area contributed by atoms with E-state index in [1.165, 1.54) is 6.07 Å². The quantitative estimate of drug-likeness (QED) is 0.307. The number of hydrazine groups is 1. The summed E-state index contributed by atoms with van der Waals surface area (Å²) in [7, 11) is 0. The van der Waals surface area contributed by atoms with E-state index in [9.17, 15) is 9.59 Å². The SMILES string of the molecule is CC.Cc1cc(C(=O)Nc2c(C)cc(Cl)cc2C(=O)NN)n(-c2ncccc2Cl)c1. The standard InChI is InChI=1S/C19H17Cl2N5O2.C2H6/c1-10-6-15(26(9-10)17-14(21)4-3-5-23-17)19(28)24-16-11(2)7-12(20)8-13(16)18(27)25-22;1-2/h3-9H,22H2,1-2H3,(H,24,28)(H,25,27);1-2H3. The number of aryl methyl sites for hydroxylation is 2. The minimum atomic E-state index is -0.569. The van der Waals surface area contributed by atoms with Crippen LogP contribution in [0.5, 0.6) is 0 Å². The second-order valence-electron chi connectivity index (χ2n) is 6.15. The van der Waals surface area contributed by atoms with Crippen molar-refractivity contribution >= 4 is 40.7 Å². The summed E-state index contributed by atoms with van der Waals surface area (Å²) < 4.78 is 1.60. The van der Waals surface area contributed by atoms with Gasteiger partial charge in [-0.1, -0.05) is 37.0 Å². The summed E-state index contributed by atoms with van der Waals surface area (Å²) in [5.74, 6) is 4.67. The van der Waals surface area contributed by atoms with Gasteiger partial charge < -0.3 is 5.32 Å². The van der Waals surface area contributed by atoms with Crippen LogP contribution in [0.3, 0.4) is 0 Å². The molecule has 2 aromatic heterocycles. The Labute approximate surface area is 185 Å². The zero-order chi connectivity index (χ0) is 22.4. The molecule has 0 fully saturated rings. The van der Waals surface area contributed by atoms with Crippen LogP contribution in [0.2, 0.25) is 10.0 Å². The number of nitrogen functional groups attached to an aromatic ring is 1. The highest BCUT2D eigenvalue weighted by Gasteiger charge is 2.21. The maximum absolute atomic E-state index is 13.0. The lowest BCUT2D eigenvalue weighted by atomic mass is 10.1. The Bertz CT molecular complexity index is 1080. The fourth-order valence-corrected chi connectivity index (χ4v) is 3.33. The van der Waals surface area contributed by atoms with Crippen LogP contribution in [0.4, 0.5) is 5.69 Å². The molecule has 30 heavy (non-hydrogen) atoms. The summed E-state index contributed by atoms with van der Waals surface area (Å²) in [4.78, 5) is 29.4. The van der Waals surface area contributed by atoms with Crippen LogP contribution in [-0.2, 0) is 0 Å². The van der Waals surface area contributed by atoms with Crippen LogP contribution in [0.1, 0.15) is 45.8 Å². The molecule has 0 radical (unpaired) electrons. The molecule has 0 unspecified atom stereocenters. The van der Waals surface area contributed by atoms with Crippen LogP contribution < -0.4 is 16.6 Å². The number of amides is 2. The second kappa shape index (κ2) is 10.2. The zero-order valence-corrected chi connectivity index (χ0v) is 18.6. The number of nitrogens with two attached hydrogens (primary N) is 1. The first-order chi connectivity index (χ1) is 14.3. The molecule has 4 N–H and O–H groups in total. The number of nitrogens with one attached hydrogen (secondary N) is 2. The highest BCUT2D eigenvalue weighted by atomic mass is 35.5. The Morgan fingerprint density at radius 1 is 1.10 bits per heavy atom. The van der Waals surface area contributed by atoms with Gasteiger partial charge in [-0.25, -0.2) is 10.8 Å². The predicted octanol–water partition coefficient (Wildman–Crippen LogP) is 4.68. The van der Waals surface area contributed by atoms with E-state index in [1.54, 1.807) is 48.1 Å². The lowest BCUT2D eigenvalue weighted by molar-refractivity contribution is 0.0954. The van der Waals surface area contributed by atoms with Crippen molar-refractivity contribution in [1.82, 2.24) is 15.0 Å². The Morgan fingerprint density at radius 3 is 2.43 bits per heavy atom. The van der Waals surface area contributed by atoms with Crippen molar-refractivity contribution in [3.63, 3.8) is 0 Å². The fourth-order valence-electron chi connectivity index (χ4n) is 2.84. The van der Waals surface area contributed by atoms with Crippen molar-refractivity contribution in [3.05, 3.63) is 75.2 Å². The predicted molar refractivity (Wildman–Crippen MR) is 120 cm³/mol. The van der Waals surface area contributed by atoms with Crippen molar-refractivity contribution in [3.8, 4) is 5.82 Å². The maximum Gasteiger partial charge on any atom is 0.272 e. The summed E-state index contributed by atoms with van der Waals surface area (Å²) in [6, 6.07) is 8.18. The zero-order valence-electron chi connectivity index (χ0n) is 17.1. The van der Waals surface area contributed by atoms with Crippen LogP contribution in [0.15, 0.2) is 42.7 Å². The second-order valence-corrected chi connectivity index (χ2v) is 7.00. The van der Waals surface area contributed by atoms with Crippen molar-refractivity contribution in [2.45, 2.75) is 27.7 Å². The number of rotatable bonds is 4. The van der Waals surface area contributed by atoms with E-state index in [1.807, 2.05) is 20.8 Å². The molecule has 0 spiro atoms. The van der Waals surface area contributed by atoms with Gasteiger partial charge in [0.05, 0.1) is 16.3 Å². The number of benzene rings is 1. The monoisotopic (exact) mass is 447 g/mol. The fraction of sp³-hybridized carbons (Fsp3) is 0.190. The van der Waals surface area contributed by atoms with E-state index in [0.717, 1.165) is 5.56 Å². The molecule has 0 aliphatic carbocycles. The number of nitrogens with zero attached hydrogens (tertiary/aromatic N) is 2. The van der Waals surface area contributed by atoms with E-state index < -0.39 is 11.8 Å². The van der Waals surface area contributed by atoms with Gasteiger partial charge in [-0.2, -0.15) is 0 Å². The molecule has 0 saturated carbocycles. The normalized spacial score (nSPS) is 10.1. The summed E-state index contributed by atoms with van der Waals surface area (Å²) in [5, 5.41) is 3.53. The van der Waals surface area contributed by atoms with Crippen LogP contribution in [0, 0.1) is 13.8 Å². The summed E-state index contributed by atoms with van der Waals surface area (Å²) >= 11 is 12.3. The van der Waals surface area contributed by atoms with Gasteiger partial charge in [0.25, 0.3) is 11.8 Å². The van der Waals surface area contributed by atoms with Gasteiger partial charge in [0.2, 0.25) is 0 Å². The summed E-state index contributed by atoms with van der Waals surface area (Å²) in [5.41, 5.74) is 4.30. The number of carbonyl (C=O) groups excluding carboxylic acids is 2. The highest BCUT2D eigenvalue weighted by Crippen LogP contribution is 2.27. The third-order valence-electron chi connectivity index (χ3n) is 4.07. The van der Waals surface area contributed by atoms with Gasteiger partial charge in [-0.3, -0.25) is 19.6 Å². The molecule has 158 valence electrons. The van der Waals surface area contributed by atoms with E-state index >= 15 is 0 Å². The number of pyridine rings is 1. The van der Waals surface area contributed by atoms with Crippen molar-refractivity contribution < 1.29 is 9.59 Å². The molecular weight excluding hydrogens is 425 g/mol. The number of hydrogen-bond donors (Lipinski definition) is 3. The Kier molecular flexibility index (Phi) is 8.00. The molecule has 0 bridgehead atoms. The molecule has 2 heterocycles. The van der Waals surface area contributed by atoms with Gasteiger partial charge in [0.15, 0.2) is 5.82 Å². The topological polar surface area (TPSA) is 102 Å². The minimum Gasteiger partial charge on any atom is -0.320 e. The molecular formula is C21H23Cl2N5O2.